The number of benzene rings is 2. The second-order valence-corrected chi connectivity index (χ2v) is 31.5. The highest BCUT2D eigenvalue weighted by atomic mass is 16.3. The van der Waals surface area contributed by atoms with Gasteiger partial charge in [0, 0.05) is 61.9 Å². The number of nitrogens with one attached hydrogen (secondary N) is 6. The Morgan fingerprint density at radius 2 is 0.742 bits per heavy atom. The van der Waals surface area contributed by atoms with Gasteiger partial charge in [-0.15, -0.1) is 0 Å². The van der Waals surface area contributed by atoms with Crippen molar-refractivity contribution < 1.29 is 30.3 Å². The van der Waals surface area contributed by atoms with Crippen molar-refractivity contribution in [2.75, 3.05) is 0 Å². The third kappa shape index (κ3) is 23.7. The molecule has 0 saturated heterocycles. The molecule has 0 bridgehead atoms. The molecule has 0 saturated carbocycles. The van der Waals surface area contributed by atoms with Crippen molar-refractivity contribution in [2.24, 2.45) is 5.41 Å². The number of aromatic amines is 4. The summed E-state index contributed by atoms with van der Waals surface area (Å²) in [5, 5.41) is 52.2. The Morgan fingerprint density at radius 1 is 0.355 bits per heavy atom. The van der Waals surface area contributed by atoms with Crippen molar-refractivity contribution in [2.45, 2.75) is 261 Å². The quantitative estimate of drug-likeness (QED) is 0.0677. The van der Waals surface area contributed by atoms with Gasteiger partial charge in [0.05, 0.1) is 11.4 Å². The molecule has 0 radical (unpaired) electrons. The van der Waals surface area contributed by atoms with Crippen LogP contribution >= 0.6 is 0 Å². The normalized spacial score (nSPS) is 12.7. The molecule has 5 heterocycles. The van der Waals surface area contributed by atoms with E-state index in [0.29, 0.717) is 28.5 Å². The zero-order chi connectivity index (χ0) is 73.3. The summed E-state index contributed by atoms with van der Waals surface area (Å²) in [4.78, 5) is 75.6. The number of aryl methyl sites for hydroxylation is 7. The van der Waals surface area contributed by atoms with Gasteiger partial charge in [0.25, 0.3) is 22.2 Å². The Kier molecular flexibility index (Phi) is 27.8. The molecule has 2 amide bonds. The van der Waals surface area contributed by atoms with E-state index in [9.17, 15) is 49.5 Å². The van der Waals surface area contributed by atoms with Crippen molar-refractivity contribution in [1.29, 1.82) is 0 Å². The molecule has 7 rings (SSSR count). The van der Waals surface area contributed by atoms with E-state index in [1.165, 1.54) is 28.3 Å². The van der Waals surface area contributed by atoms with E-state index in [-0.39, 0.29) is 89.4 Å². The Hall–Kier alpha value is -8.15. The number of carbonyl (C=O) groups excluding carboxylic acids is 1. The molecule has 4 aromatic heterocycles. The molecule has 18 heteroatoms. The van der Waals surface area contributed by atoms with Gasteiger partial charge in [0.1, 0.15) is 28.6 Å². The lowest BCUT2D eigenvalue weighted by Crippen LogP contribution is -2.41. The van der Waals surface area contributed by atoms with Crippen LogP contribution in [0.25, 0.3) is 0 Å². The number of aromatic hydroxyl groups is 5. The first-order valence-corrected chi connectivity index (χ1v) is 31.4. The minimum Gasteiger partial charge on any atom is -0.508 e. The van der Waals surface area contributed by atoms with Crippen LogP contribution in [0.2, 0.25) is 0 Å². The molecule has 0 atom stereocenters. The summed E-state index contributed by atoms with van der Waals surface area (Å²) in [5.74, 6) is 0.467. The number of phenols is 3. The second kappa shape index (κ2) is 31.2. The lowest BCUT2D eigenvalue weighted by atomic mass is 9.81. The van der Waals surface area contributed by atoms with Gasteiger partial charge in [-0.05, 0) is 173 Å². The average Bonchev–Trinajstić information content (AvgIpc) is 0.846. The number of phenolic OH excluding ortho intramolecular Hbond substituents is 3. The van der Waals surface area contributed by atoms with Crippen LogP contribution in [0.3, 0.4) is 0 Å². The number of H-pyrrole nitrogens is 4. The van der Waals surface area contributed by atoms with Crippen LogP contribution in [0.15, 0.2) is 67.0 Å². The predicted octanol–water partition coefficient (Wildman–Crippen LogP) is 15.5. The fourth-order valence-electron chi connectivity index (χ4n) is 11.7. The first-order chi connectivity index (χ1) is 41.6. The summed E-state index contributed by atoms with van der Waals surface area (Å²) < 4.78 is 0. The van der Waals surface area contributed by atoms with Gasteiger partial charge in [-0.2, -0.15) is 0 Å². The lowest BCUT2D eigenvalue weighted by molar-refractivity contribution is 0.243. The topological polar surface area (TPSA) is 300 Å². The molecule has 18 nitrogen and oxygen atoms in total. The summed E-state index contributed by atoms with van der Waals surface area (Å²) >= 11 is 0. The number of allylic oxidation sites excluding steroid dienone is 2. The number of hydrogen-bond acceptors (Lipinski definition) is 12. The molecule has 1 aliphatic heterocycles. The highest BCUT2D eigenvalue weighted by Gasteiger charge is 2.29. The summed E-state index contributed by atoms with van der Waals surface area (Å²) in [6.07, 6.45) is 0. The summed E-state index contributed by atoms with van der Waals surface area (Å²) in [6.45, 7) is 69.9. The Balaban J connectivity index is 0.000000543. The summed E-state index contributed by atoms with van der Waals surface area (Å²) in [7, 11) is 0. The van der Waals surface area contributed by atoms with Crippen LogP contribution < -0.4 is 32.9 Å². The van der Waals surface area contributed by atoms with E-state index in [2.05, 4.69) is 130 Å². The van der Waals surface area contributed by atoms with E-state index in [0.717, 1.165) is 67.3 Å². The molecule has 516 valence electrons. The molecule has 0 aliphatic carbocycles. The van der Waals surface area contributed by atoms with Gasteiger partial charge < -0.3 is 46.1 Å². The maximum Gasteiger partial charge on any atom is 0.323 e. The maximum absolute atomic E-state index is 11.6. The molecule has 2 aromatic carbocycles. The van der Waals surface area contributed by atoms with Crippen molar-refractivity contribution in [1.82, 2.24) is 40.5 Å². The number of hydrogen-bond donors (Lipinski definition) is 11. The van der Waals surface area contributed by atoms with E-state index >= 15 is 0 Å². The second-order valence-electron chi connectivity index (χ2n) is 31.5. The third-order valence-corrected chi connectivity index (χ3v) is 15.3. The number of carbonyl (C=O) groups is 1. The van der Waals surface area contributed by atoms with E-state index in [1.807, 2.05) is 137 Å². The van der Waals surface area contributed by atoms with Gasteiger partial charge in [-0.25, -0.2) is 9.78 Å². The number of aromatic nitrogens is 6. The van der Waals surface area contributed by atoms with Crippen LogP contribution in [0.4, 0.5) is 4.79 Å². The molecule has 93 heavy (non-hydrogen) atoms. The number of rotatable bonds is 0. The zero-order valence-corrected chi connectivity index (χ0v) is 62.7. The van der Waals surface area contributed by atoms with E-state index in [4.69, 9.17) is 0 Å². The number of amides is 2. The summed E-state index contributed by atoms with van der Waals surface area (Å²) in [5.41, 5.74) is 17.1. The molecule has 6 aromatic rings. The monoisotopic (exact) mass is 1290 g/mol. The number of urea groups is 1. The highest BCUT2D eigenvalue weighted by molar-refractivity contribution is 5.81. The van der Waals surface area contributed by atoms with E-state index < -0.39 is 0 Å². The van der Waals surface area contributed by atoms with Gasteiger partial charge in [-0.1, -0.05) is 152 Å². The SMILES string of the molecule is C=C1NC(=O)NC(C)=C1C(C)(C)C.Cc1[nH]c(=O)c(C)c(C)c1C(C)(C)C.Cc1[nH]c(=O)c(C)nc1C(C)(C)C.Cc1c(O)[nH]c(=O)c(C(C)(C)C)c1C.Cc1cc(O)cc(C)c1C(C)(C)C.Cc1cc(O)cc(O)c1C(C)(C)C.Cc1nc(C(C)(C)C)c(=O)[nH]c1O. The molecule has 0 unspecified atom stereocenters. The van der Waals surface area contributed by atoms with Crippen molar-refractivity contribution in [3.05, 3.63) is 185 Å². The molecule has 0 fully saturated rings. The van der Waals surface area contributed by atoms with Gasteiger partial charge in [0.2, 0.25) is 5.88 Å². The first kappa shape index (κ1) is 82.9. The lowest BCUT2D eigenvalue weighted by Gasteiger charge is -2.31. The standard InChI is InChI=1S/C12H19NO.C12H18O.C11H17NO2.C11H16O2.2C10H16N2O.C9H14N2O2/c1-7-8(2)11(14)13-9(3)10(7)12(4,5)6;1-8-6-10(13)7-9(2)11(8)12(3,4)5;1-6-7(2)9(13)12-10(14)8(6)11(3,4)5;1-7-5-8(12)6-9(13)10(7)11(2,3)4;1-6-8(10(3,4)5)11-7(2)9(13)12-6;1-6-8(10(3,4)5)7(2)12-9(13)11-6;1-5-7(12)11-8(13)6(10-5)9(2,3)4/h1-6H3,(H,13,14);6-7,13H,1-5H3;1-5H3,(H2,12,13,14);5-6,12-13H,1-4H3;1-5H3,(H,12,13);1H2,2-5H3,(H2,11,12,13);1-4H3,(H2,11,12,13). The first-order valence-electron chi connectivity index (χ1n) is 31.4. The van der Waals surface area contributed by atoms with Crippen LogP contribution in [0.1, 0.15) is 248 Å². The fourth-order valence-corrected chi connectivity index (χ4v) is 11.7. The van der Waals surface area contributed by atoms with Crippen LogP contribution in [0, 0.1) is 81.6 Å². The maximum atomic E-state index is 11.6. The van der Waals surface area contributed by atoms with Gasteiger partial charge >= 0.3 is 6.03 Å². The predicted molar refractivity (Wildman–Crippen MR) is 382 cm³/mol. The highest BCUT2D eigenvalue weighted by Crippen LogP contribution is 2.37. The molecule has 1 aliphatic rings. The average molecular weight is 1290 g/mol. The molecule has 0 spiro atoms. The van der Waals surface area contributed by atoms with Crippen molar-refractivity contribution in [3.63, 3.8) is 0 Å². The molecular formula is C75H116N8O10. The Labute approximate surface area is 554 Å². The fraction of sp³-hybridized carbons (Fsp3) is 0.533. The van der Waals surface area contributed by atoms with Crippen molar-refractivity contribution >= 4 is 6.03 Å². The van der Waals surface area contributed by atoms with Crippen LogP contribution in [-0.4, -0.2) is 61.5 Å². The third-order valence-electron chi connectivity index (χ3n) is 15.3. The summed E-state index contributed by atoms with van der Waals surface area (Å²) in [6, 6.07) is 6.50. The van der Waals surface area contributed by atoms with Crippen molar-refractivity contribution in [3.8, 4) is 29.0 Å². The largest absolute Gasteiger partial charge is 0.508 e. The number of pyridine rings is 2. The Morgan fingerprint density at radius 3 is 1.14 bits per heavy atom. The number of nitrogens with zero attached hydrogens (tertiary/aromatic N) is 2. The smallest absolute Gasteiger partial charge is 0.323 e. The molecule has 11 N–H and O–H groups in total. The van der Waals surface area contributed by atoms with Gasteiger partial charge in [0.15, 0.2) is 5.88 Å². The minimum absolute atomic E-state index is 0.00185. The van der Waals surface area contributed by atoms with Crippen LogP contribution in [0.5, 0.6) is 29.0 Å². The van der Waals surface area contributed by atoms with E-state index in [1.54, 1.807) is 26.8 Å². The Bertz CT molecular complexity index is 3820. The van der Waals surface area contributed by atoms with Gasteiger partial charge in [-0.3, -0.25) is 34.1 Å². The minimum atomic E-state index is -0.324. The van der Waals surface area contributed by atoms with Crippen LogP contribution in [-0.2, 0) is 32.5 Å². The molecular weight excluding hydrogens is 1170 g/mol. The zero-order valence-electron chi connectivity index (χ0n) is 62.7.